The molecule has 27 heavy (non-hydrogen) atoms. The van der Waals surface area contributed by atoms with Crippen molar-refractivity contribution >= 4 is 17.5 Å². The SMILES string of the molecule is O=C(COc1ccc(Cl)cc1)N1CCCC(OCc2cc(F)cc(F)c2)C1. The van der Waals surface area contributed by atoms with E-state index < -0.39 is 11.6 Å². The third-order valence-corrected chi connectivity index (χ3v) is 4.57. The molecule has 3 rings (SSSR count). The van der Waals surface area contributed by atoms with Gasteiger partial charge < -0.3 is 14.4 Å². The van der Waals surface area contributed by atoms with Crippen LogP contribution in [0.15, 0.2) is 42.5 Å². The summed E-state index contributed by atoms with van der Waals surface area (Å²) in [5.41, 5.74) is 0.432. The van der Waals surface area contributed by atoms with Crippen molar-refractivity contribution in [1.82, 2.24) is 4.90 Å². The first-order chi connectivity index (χ1) is 13.0. The van der Waals surface area contributed by atoms with Crippen molar-refractivity contribution in [3.05, 3.63) is 64.7 Å². The van der Waals surface area contributed by atoms with Crippen molar-refractivity contribution in [1.29, 1.82) is 0 Å². The van der Waals surface area contributed by atoms with Crippen LogP contribution in [0.2, 0.25) is 5.02 Å². The van der Waals surface area contributed by atoms with Gasteiger partial charge in [-0.25, -0.2) is 8.78 Å². The first-order valence-corrected chi connectivity index (χ1v) is 9.10. The van der Waals surface area contributed by atoms with E-state index >= 15 is 0 Å². The Hall–Kier alpha value is -2.18. The van der Waals surface area contributed by atoms with Gasteiger partial charge in [-0.1, -0.05) is 11.6 Å². The Bertz CT molecular complexity index is 765. The molecule has 4 nitrogen and oxygen atoms in total. The normalized spacial score (nSPS) is 17.0. The average Bonchev–Trinajstić information content (AvgIpc) is 2.65. The summed E-state index contributed by atoms with van der Waals surface area (Å²) in [6, 6.07) is 10.1. The summed E-state index contributed by atoms with van der Waals surface area (Å²) in [6.07, 6.45) is 1.42. The zero-order chi connectivity index (χ0) is 19.2. The van der Waals surface area contributed by atoms with Gasteiger partial charge in [-0.2, -0.15) is 0 Å². The zero-order valence-corrected chi connectivity index (χ0v) is 15.4. The van der Waals surface area contributed by atoms with Crippen LogP contribution in [0, 0.1) is 11.6 Å². The maximum atomic E-state index is 13.2. The van der Waals surface area contributed by atoms with E-state index in [2.05, 4.69) is 0 Å². The first-order valence-electron chi connectivity index (χ1n) is 8.72. The van der Waals surface area contributed by atoms with Gasteiger partial charge in [0.15, 0.2) is 6.61 Å². The Labute approximate surface area is 161 Å². The predicted octanol–water partition coefficient (Wildman–Crippen LogP) is 4.20. The molecule has 1 aliphatic heterocycles. The summed E-state index contributed by atoms with van der Waals surface area (Å²) in [5, 5.41) is 0.600. The van der Waals surface area contributed by atoms with Gasteiger partial charge in [0.05, 0.1) is 12.7 Å². The van der Waals surface area contributed by atoms with E-state index in [9.17, 15) is 13.6 Å². The van der Waals surface area contributed by atoms with Crippen LogP contribution >= 0.6 is 11.6 Å². The van der Waals surface area contributed by atoms with Crippen LogP contribution in [0.1, 0.15) is 18.4 Å². The van der Waals surface area contributed by atoms with E-state index in [1.807, 2.05) is 0 Å². The molecular weight excluding hydrogens is 376 g/mol. The quantitative estimate of drug-likeness (QED) is 0.735. The number of carbonyl (C=O) groups is 1. The standard InChI is InChI=1S/C20H20ClF2NO3/c21-15-3-5-18(6-4-15)27-13-20(25)24-7-1-2-19(11-24)26-12-14-8-16(22)10-17(23)9-14/h3-6,8-10,19H,1-2,7,11-13H2. The average molecular weight is 396 g/mol. The van der Waals surface area contributed by atoms with Crippen molar-refractivity contribution in [3.63, 3.8) is 0 Å². The molecule has 0 N–H and O–H groups in total. The van der Waals surface area contributed by atoms with Gasteiger partial charge in [-0.15, -0.1) is 0 Å². The van der Waals surface area contributed by atoms with Crippen LogP contribution in [0.3, 0.4) is 0 Å². The van der Waals surface area contributed by atoms with Crippen LogP contribution < -0.4 is 4.74 Å². The maximum Gasteiger partial charge on any atom is 0.260 e. The molecule has 2 aromatic carbocycles. The van der Waals surface area contributed by atoms with E-state index in [-0.39, 0.29) is 25.2 Å². The molecule has 1 unspecified atom stereocenters. The van der Waals surface area contributed by atoms with Gasteiger partial charge in [0.2, 0.25) is 0 Å². The van der Waals surface area contributed by atoms with E-state index in [4.69, 9.17) is 21.1 Å². The molecule has 0 aromatic heterocycles. The fourth-order valence-electron chi connectivity index (χ4n) is 2.98. The monoisotopic (exact) mass is 395 g/mol. The second kappa shape index (κ2) is 9.15. The maximum absolute atomic E-state index is 13.2. The number of amides is 1. The number of nitrogens with zero attached hydrogens (tertiary/aromatic N) is 1. The lowest BCUT2D eigenvalue weighted by atomic mass is 10.1. The van der Waals surface area contributed by atoms with Gasteiger partial charge in [0.1, 0.15) is 17.4 Å². The van der Waals surface area contributed by atoms with E-state index in [0.717, 1.165) is 18.9 Å². The highest BCUT2D eigenvalue weighted by Crippen LogP contribution is 2.18. The van der Waals surface area contributed by atoms with E-state index in [1.165, 1.54) is 12.1 Å². The molecule has 0 spiro atoms. The second-order valence-corrected chi connectivity index (χ2v) is 6.87. The Morgan fingerprint density at radius 3 is 2.56 bits per heavy atom. The number of rotatable bonds is 6. The summed E-state index contributed by atoms with van der Waals surface area (Å²) >= 11 is 5.82. The highest BCUT2D eigenvalue weighted by molar-refractivity contribution is 6.30. The Morgan fingerprint density at radius 1 is 1.15 bits per heavy atom. The molecule has 1 aliphatic rings. The van der Waals surface area contributed by atoms with Crippen molar-refractivity contribution in [3.8, 4) is 5.75 Å². The van der Waals surface area contributed by atoms with E-state index in [0.29, 0.717) is 29.4 Å². The van der Waals surface area contributed by atoms with Crippen LogP contribution in [0.4, 0.5) is 8.78 Å². The van der Waals surface area contributed by atoms with Gasteiger partial charge in [-0.05, 0) is 54.8 Å². The molecule has 144 valence electrons. The summed E-state index contributed by atoms with van der Waals surface area (Å²) in [7, 11) is 0. The Morgan fingerprint density at radius 2 is 1.85 bits per heavy atom. The van der Waals surface area contributed by atoms with Crippen molar-refractivity contribution in [2.45, 2.75) is 25.6 Å². The van der Waals surface area contributed by atoms with Gasteiger partial charge in [-0.3, -0.25) is 4.79 Å². The highest BCUT2D eigenvalue weighted by atomic mass is 35.5. The largest absolute Gasteiger partial charge is 0.484 e. The molecule has 0 radical (unpaired) electrons. The molecule has 0 saturated carbocycles. The molecule has 1 fully saturated rings. The Kier molecular flexibility index (Phi) is 6.63. The number of hydrogen-bond donors (Lipinski definition) is 0. The van der Waals surface area contributed by atoms with Crippen LogP contribution in [0.5, 0.6) is 5.75 Å². The van der Waals surface area contributed by atoms with Crippen molar-refractivity contribution in [2.24, 2.45) is 0 Å². The van der Waals surface area contributed by atoms with Crippen molar-refractivity contribution < 1.29 is 23.0 Å². The number of benzene rings is 2. The van der Waals surface area contributed by atoms with Crippen LogP contribution in [-0.4, -0.2) is 36.6 Å². The van der Waals surface area contributed by atoms with Gasteiger partial charge in [0, 0.05) is 24.2 Å². The molecular formula is C20H20ClF2NO3. The number of hydrogen-bond acceptors (Lipinski definition) is 3. The summed E-state index contributed by atoms with van der Waals surface area (Å²) in [4.78, 5) is 14.1. The molecule has 7 heteroatoms. The molecule has 0 bridgehead atoms. The lowest BCUT2D eigenvalue weighted by Crippen LogP contribution is -2.45. The third kappa shape index (κ3) is 5.91. The molecule has 1 heterocycles. The molecule has 0 aliphatic carbocycles. The zero-order valence-electron chi connectivity index (χ0n) is 14.7. The van der Waals surface area contributed by atoms with Gasteiger partial charge in [0.25, 0.3) is 5.91 Å². The number of piperidine rings is 1. The molecule has 1 saturated heterocycles. The van der Waals surface area contributed by atoms with Crippen LogP contribution in [-0.2, 0) is 16.1 Å². The van der Waals surface area contributed by atoms with Gasteiger partial charge >= 0.3 is 0 Å². The second-order valence-electron chi connectivity index (χ2n) is 6.44. The van der Waals surface area contributed by atoms with Crippen LogP contribution in [0.25, 0.3) is 0 Å². The lowest BCUT2D eigenvalue weighted by molar-refractivity contribution is -0.137. The smallest absolute Gasteiger partial charge is 0.260 e. The summed E-state index contributed by atoms with van der Waals surface area (Å²) in [5.74, 6) is -0.817. The predicted molar refractivity (Wildman–Crippen MR) is 97.7 cm³/mol. The number of halogens is 3. The summed E-state index contributed by atoms with van der Waals surface area (Å²) in [6.45, 7) is 1.10. The fraction of sp³-hybridized carbons (Fsp3) is 0.350. The number of ether oxygens (including phenoxy) is 2. The lowest BCUT2D eigenvalue weighted by Gasteiger charge is -2.32. The number of likely N-dealkylation sites (tertiary alicyclic amines) is 1. The minimum absolute atomic E-state index is 0.0660. The molecule has 1 atom stereocenters. The summed E-state index contributed by atoms with van der Waals surface area (Å²) < 4.78 is 37.7. The third-order valence-electron chi connectivity index (χ3n) is 4.31. The highest BCUT2D eigenvalue weighted by Gasteiger charge is 2.24. The fourth-order valence-corrected chi connectivity index (χ4v) is 3.10. The van der Waals surface area contributed by atoms with Crippen molar-refractivity contribution in [2.75, 3.05) is 19.7 Å². The minimum Gasteiger partial charge on any atom is -0.484 e. The minimum atomic E-state index is -0.631. The molecule has 1 amide bonds. The number of carbonyl (C=O) groups excluding carboxylic acids is 1. The topological polar surface area (TPSA) is 38.8 Å². The first kappa shape index (κ1) is 19.6. The molecule has 2 aromatic rings. The Balaban J connectivity index is 1.47. The van der Waals surface area contributed by atoms with E-state index in [1.54, 1.807) is 29.2 Å².